The predicted molar refractivity (Wildman–Crippen MR) is 87.7 cm³/mol. The quantitative estimate of drug-likeness (QED) is 0.842. The zero-order valence-corrected chi connectivity index (χ0v) is 14.2. The van der Waals surface area contributed by atoms with Gasteiger partial charge in [0.15, 0.2) is 0 Å². The van der Waals surface area contributed by atoms with Crippen molar-refractivity contribution in [3.8, 4) is 0 Å². The van der Waals surface area contributed by atoms with Gasteiger partial charge in [0.2, 0.25) is 5.13 Å². The van der Waals surface area contributed by atoms with E-state index in [1.54, 1.807) is 11.3 Å². The van der Waals surface area contributed by atoms with Crippen LogP contribution in [0.5, 0.6) is 0 Å². The molecule has 0 spiro atoms. The highest BCUT2D eigenvalue weighted by Gasteiger charge is 2.31. The number of rotatable bonds is 3. The van der Waals surface area contributed by atoms with Gasteiger partial charge in [0.1, 0.15) is 10.8 Å². The molecule has 1 saturated heterocycles. The Morgan fingerprint density at radius 1 is 1.04 bits per heavy atom. The standard InChI is InChI=1S/C15H18F3N5S/c1-10(2)13-20-21-14(24-13)23-7-5-22(6-8-23)12-4-3-11(9-19-12)15(16,17)18/h3-4,9-10H,5-8H2,1-2H3. The van der Waals surface area contributed by atoms with E-state index in [1.165, 1.54) is 6.07 Å². The Kier molecular flexibility index (Phi) is 4.62. The lowest BCUT2D eigenvalue weighted by Gasteiger charge is -2.35. The summed E-state index contributed by atoms with van der Waals surface area (Å²) in [5.41, 5.74) is -0.722. The van der Waals surface area contributed by atoms with Gasteiger partial charge in [-0.1, -0.05) is 25.2 Å². The van der Waals surface area contributed by atoms with Gasteiger partial charge in [-0.3, -0.25) is 0 Å². The highest BCUT2D eigenvalue weighted by Crippen LogP contribution is 2.30. The summed E-state index contributed by atoms with van der Waals surface area (Å²) in [5.74, 6) is 0.927. The summed E-state index contributed by atoms with van der Waals surface area (Å²) >= 11 is 1.59. The second-order valence-corrected chi connectivity index (χ2v) is 6.94. The molecule has 1 fully saturated rings. The second-order valence-electron chi connectivity index (χ2n) is 5.95. The average molecular weight is 357 g/mol. The van der Waals surface area contributed by atoms with Crippen LogP contribution in [0, 0.1) is 0 Å². The Bertz CT molecular complexity index is 675. The summed E-state index contributed by atoms with van der Waals surface area (Å²) in [6.45, 7) is 7.03. The molecule has 5 nitrogen and oxygen atoms in total. The minimum absolute atomic E-state index is 0.355. The summed E-state index contributed by atoms with van der Waals surface area (Å²) in [6, 6.07) is 2.51. The van der Waals surface area contributed by atoms with E-state index in [9.17, 15) is 13.2 Å². The molecule has 0 unspecified atom stereocenters. The minimum atomic E-state index is -4.35. The fourth-order valence-corrected chi connectivity index (χ4v) is 3.35. The van der Waals surface area contributed by atoms with Crippen LogP contribution in [0.2, 0.25) is 0 Å². The molecule has 9 heteroatoms. The summed E-state index contributed by atoms with van der Waals surface area (Å²) in [4.78, 5) is 8.10. The molecule has 130 valence electrons. The molecule has 0 aliphatic carbocycles. The topological polar surface area (TPSA) is 45.2 Å². The number of anilines is 2. The van der Waals surface area contributed by atoms with Crippen molar-refractivity contribution in [1.82, 2.24) is 15.2 Å². The summed E-state index contributed by atoms with van der Waals surface area (Å²) < 4.78 is 37.8. The minimum Gasteiger partial charge on any atom is -0.353 e. The van der Waals surface area contributed by atoms with Crippen molar-refractivity contribution in [3.05, 3.63) is 28.9 Å². The molecule has 2 aromatic rings. The first-order chi connectivity index (χ1) is 11.3. The smallest absolute Gasteiger partial charge is 0.353 e. The maximum atomic E-state index is 12.6. The van der Waals surface area contributed by atoms with Gasteiger partial charge >= 0.3 is 6.18 Å². The fourth-order valence-electron chi connectivity index (χ4n) is 2.46. The van der Waals surface area contributed by atoms with Gasteiger partial charge < -0.3 is 9.80 Å². The van der Waals surface area contributed by atoms with E-state index in [0.717, 1.165) is 35.5 Å². The van der Waals surface area contributed by atoms with Gasteiger partial charge in [-0.25, -0.2) is 4.98 Å². The van der Waals surface area contributed by atoms with Crippen molar-refractivity contribution in [2.75, 3.05) is 36.0 Å². The van der Waals surface area contributed by atoms with E-state index in [2.05, 4.69) is 33.9 Å². The Morgan fingerprint density at radius 2 is 1.71 bits per heavy atom. The number of pyridine rings is 1. The first-order valence-electron chi connectivity index (χ1n) is 7.71. The number of piperazine rings is 1. The SMILES string of the molecule is CC(C)c1nnc(N2CCN(c3ccc(C(F)(F)F)cn3)CC2)s1. The second kappa shape index (κ2) is 6.54. The molecular formula is C15H18F3N5S. The largest absolute Gasteiger partial charge is 0.417 e. The highest BCUT2D eigenvalue weighted by molar-refractivity contribution is 7.15. The van der Waals surface area contributed by atoms with E-state index < -0.39 is 11.7 Å². The molecule has 0 N–H and O–H groups in total. The van der Waals surface area contributed by atoms with Crippen LogP contribution in [0.15, 0.2) is 18.3 Å². The van der Waals surface area contributed by atoms with E-state index in [-0.39, 0.29) is 0 Å². The molecule has 24 heavy (non-hydrogen) atoms. The third-order valence-corrected chi connectivity index (χ3v) is 5.16. The molecule has 1 aliphatic heterocycles. The van der Waals surface area contributed by atoms with Crippen LogP contribution in [0.1, 0.15) is 30.3 Å². The molecular weight excluding hydrogens is 339 g/mol. The lowest BCUT2D eigenvalue weighted by Crippen LogP contribution is -2.46. The lowest BCUT2D eigenvalue weighted by molar-refractivity contribution is -0.137. The zero-order valence-electron chi connectivity index (χ0n) is 13.4. The third kappa shape index (κ3) is 3.61. The molecule has 0 atom stereocenters. The summed E-state index contributed by atoms with van der Waals surface area (Å²) in [6.07, 6.45) is -3.46. The number of aromatic nitrogens is 3. The summed E-state index contributed by atoms with van der Waals surface area (Å²) in [7, 11) is 0. The van der Waals surface area contributed by atoms with Crippen molar-refractivity contribution in [2.45, 2.75) is 25.9 Å². The van der Waals surface area contributed by atoms with Crippen molar-refractivity contribution >= 4 is 22.3 Å². The van der Waals surface area contributed by atoms with Crippen molar-refractivity contribution in [1.29, 1.82) is 0 Å². The van der Waals surface area contributed by atoms with E-state index in [0.29, 0.717) is 24.8 Å². The molecule has 0 saturated carbocycles. The molecule has 1 aliphatic rings. The van der Waals surface area contributed by atoms with Crippen LogP contribution in [0.4, 0.5) is 24.1 Å². The van der Waals surface area contributed by atoms with Gasteiger partial charge in [0.25, 0.3) is 0 Å². The normalized spacial score (nSPS) is 16.1. The van der Waals surface area contributed by atoms with Crippen LogP contribution in [-0.2, 0) is 6.18 Å². The van der Waals surface area contributed by atoms with E-state index >= 15 is 0 Å². The number of nitrogens with zero attached hydrogens (tertiary/aromatic N) is 5. The maximum absolute atomic E-state index is 12.6. The molecule has 0 bridgehead atoms. The van der Waals surface area contributed by atoms with Crippen LogP contribution in [0.3, 0.4) is 0 Å². The number of halogens is 3. The lowest BCUT2D eigenvalue weighted by atomic mass is 10.2. The number of hydrogen-bond donors (Lipinski definition) is 0. The average Bonchev–Trinajstić information content (AvgIpc) is 3.05. The Labute approximate surface area is 142 Å². The van der Waals surface area contributed by atoms with Crippen molar-refractivity contribution in [2.24, 2.45) is 0 Å². The Hall–Kier alpha value is -1.90. The predicted octanol–water partition coefficient (Wildman–Crippen LogP) is 3.40. The van der Waals surface area contributed by atoms with Crippen LogP contribution in [-0.4, -0.2) is 41.4 Å². The molecule has 3 heterocycles. The van der Waals surface area contributed by atoms with Gasteiger partial charge in [-0.2, -0.15) is 13.2 Å². The molecule has 3 rings (SSSR count). The maximum Gasteiger partial charge on any atom is 0.417 e. The summed E-state index contributed by atoms with van der Waals surface area (Å²) in [5, 5.41) is 10.3. The zero-order chi connectivity index (χ0) is 17.3. The number of hydrogen-bond acceptors (Lipinski definition) is 6. The van der Waals surface area contributed by atoms with Crippen molar-refractivity contribution < 1.29 is 13.2 Å². The number of alkyl halides is 3. The third-order valence-electron chi connectivity index (χ3n) is 3.87. The van der Waals surface area contributed by atoms with Gasteiger partial charge in [0, 0.05) is 38.3 Å². The van der Waals surface area contributed by atoms with Crippen LogP contribution >= 0.6 is 11.3 Å². The van der Waals surface area contributed by atoms with Gasteiger partial charge in [0.05, 0.1) is 5.56 Å². The van der Waals surface area contributed by atoms with Crippen molar-refractivity contribution in [3.63, 3.8) is 0 Å². The first kappa shape index (κ1) is 16.9. The molecule has 0 aromatic carbocycles. The van der Waals surface area contributed by atoms with Gasteiger partial charge in [-0.05, 0) is 12.1 Å². The molecule has 0 radical (unpaired) electrons. The van der Waals surface area contributed by atoms with Crippen LogP contribution in [0.25, 0.3) is 0 Å². The Morgan fingerprint density at radius 3 is 2.21 bits per heavy atom. The molecule has 0 amide bonds. The first-order valence-corrected chi connectivity index (χ1v) is 8.53. The molecule has 2 aromatic heterocycles. The van der Waals surface area contributed by atoms with Gasteiger partial charge in [-0.15, -0.1) is 10.2 Å². The monoisotopic (exact) mass is 357 g/mol. The van der Waals surface area contributed by atoms with E-state index in [4.69, 9.17) is 0 Å². The van der Waals surface area contributed by atoms with Crippen LogP contribution < -0.4 is 9.80 Å². The fraction of sp³-hybridized carbons (Fsp3) is 0.533. The van der Waals surface area contributed by atoms with E-state index in [1.807, 2.05) is 4.90 Å². The Balaban J connectivity index is 1.62. The highest BCUT2D eigenvalue weighted by atomic mass is 32.1.